The molecule has 0 spiro atoms. The molecule has 2 nitrogen and oxygen atoms in total. The highest BCUT2D eigenvalue weighted by Crippen LogP contribution is 2.03. The van der Waals surface area contributed by atoms with Crippen molar-refractivity contribution in [1.29, 1.82) is 0 Å². The summed E-state index contributed by atoms with van der Waals surface area (Å²) in [7, 11) is 0. The Bertz CT molecular complexity index is 266. The fraction of sp³-hybridized carbons (Fsp3) is 0.125. The van der Waals surface area contributed by atoms with Crippen molar-refractivity contribution in [3.05, 3.63) is 35.6 Å². The summed E-state index contributed by atoms with van der Waals surface area (Å²) in [6.07, 6.45) is 0. The first-order chi connectivity index (χ1) is 5.24. The van der Waals surface area contributed by atoms with Crippen molar-refractivity contribution >= 4 is 5.71 Å². The molecule has 0 bridgehead atoms. The number of oxime groups is 1. The standard InChI is InChI=1S/C8H8FNO/c1-6(10-11)7-2-4-8(9)5-3-7/h2-5,11H,1H3/b10-6+. The molecule has 11 heavy (non-hydrogen) atoms. The number of nitrogens with zero attached hydrogens (tertiary/aromatic N) is 1. The summed E-state index contributed by atoms with van der Waals surface area (Å²) in [6.45, 7) is 1.65. The minimum absolute atomic E-state index is 0.292. The summed E-state index contributed by atoms with van der Waals surface area (Å²) in [5, 5.41) is 11.3. The van der Waals surface area contributed by atoms with Gasteiger partial charge in [0.25, 0.3) is 0 Å². The maximum absolute atomic E-state index is 12.4. The highest BCUT2D eigenvalue weighted by atomic mass is 19.1. The van der Waals surface area contributed by atoms with Crippen molar-refractivity contribution in [2.45, 2.75) is 6.92 Å². The molecule has 0 radical (unpaired) electrons. The van der Waals surface area contributed by atoms with E-state index in [0.29, 0.717) is 11.3 Å². The summed E-state index contributed by atoms with van der Waals surface area (Å²) in [5.74, 6) is -0.292. The highest BCUT2D eigenvalue weighted by molar-refractivity contribution is 5.98. The fourth-order valence-corrected chi connectivity index (χ4v) is 0.749. The SMILES string of the molecule is C/C(=N\O)c1ccc(F)cc1. The lowest BCUT2D eigenvalue weighted by atomic mass is 10.1. The van der Waals surface area contributed by atoms with Crippen LogP contribution >= 0.6 is 0 Å². The first-order valence-electron chi connectivity index (χ1n) is 3.18. The van der Waals surface area contributed by atoms with E-state index in [1.165, 1.54) is 12.1 Å². The molecule has 0 aliphatic rings. The van der Waals surface area contributed by atoms with Gasteiger partial charge in [0.2, 0.25) is 0 Å². The van der Waals surface area contributed by atoms with E-state index in [-0.39, 0.29) is 5.82 Å². The fourth-order valence-electron chi connectivity index (χ4n) is 0.749. The van der Waals surface area contributed by atoms with Crippen molar-refractivity contribution in [3.63, 3.8) is 0 Å². The molecule has 0 fully saturated rings. The molecule has 0 heterocycles. The van der Waals surface area contributed by atoms with E-state index >= 15 is 0 Å². The quantitative estimate of drug-likeness (QED) is 0.373. The van der Waals surface area contributed by atoms with Crippen LogP contribution in [-0.2, 0) is 0 Å². The smallest absolute Gasteiger partial charge is 0.123 e. The van der Waals surface area contributed by atoms with E-state index in [4.69, 9.17) is 5.21 Å². The van der Waals surface area contributed by atoms with Crippen LogP contribution in [0.4, 0.5) is 4.39 Å². The third-order valence-corrected chi connectivity index (χ3v) is 1.41. The highest BCUT2D eigenvalue weighted by Gasteiger charge is 1.96. The molecule has 1 N–H and O–H groups in total. The molecule has 1 aromatic rings. The maximum atomic E-state index is 12.4. The van der Waals surface area contributed by atoms with E-state index in [9.17, 15) is 4.39 Å². The maximum Gasteiger partial charge on any atom is 0.123 e. The van der Waals surface area contributed by atoms with Gasteiger partial charge in [0, 0.05) is 0 Å². The third-order valence-electron chi connectivity index (χ3n) is 1.41. The van der Waals surface area contributed by atoms with Crippen LogP contribution < -0.4 is 0 Å². The predicted molar refractivity (Wildman–Crippen MR) is 40.4 cm³/mol. The summed E-state index contributed by atoms with van der Waals surface area (Å²) in [4.78, 5) is 0. The van der Waals surface area contributed by atoms with Crippen molar-refractivity contribution < 1.29 is 9.60 Å². The van der Waals surface area contributed by atoms with Gasteiger partial charge in [-0.05, 0) is 24.6 Å². The zero-order valence-corrected chi connectivity index (χ0v) is 6.08. The summed E-state index contributed by atoms with van der Waals surface area (Å²) in [6, 6.07) is 5.77. The van der Waals surface area contributed by atoms with E-state index in [0.717, 1.165) is 0 Å². The Kier molecular flexibility index (Phi) is 2.21. The van der Waals surface area contributed by atoms with Crippen molar-refractivity contribution in [1.82, 2.24) is 0 Å². The monoisotopic (exact) mass is 153 g/mol. The summed E-state index contributed by atoms with van der Waals surface area (Å²) in [5.41, 5.74) is 1.19. The van der Waals surface area contributed by atoms with E-state index in [2.05, 4.69) is 5.16 Å². The lowest BCUT2D eigenvalue weighted by molar-refractivity contribution is 0.319. The molecule has 0 aliphatic heterocycles. The molecule has 1 rings (SSSR count). The first-order valence-corrected chi connectivity index (χ1v) is 3.18. The number of benzene rings is 1. The van der Waals surface area contributed by atoms with Crippen LogP contribution in [0.2, 0.25) is 0 Å². The Labute approximate surface area is 64.0 Å². The number of hydrogen-bond donors (Lipinski definition) is 1. The number of rotatable bonds is 1. The molecule has 0 amide bonds. The van der Waals surface area contributed by atoms with Gasteiger partial charge in [0.1, 0.15) is 5.82 Å². The van der Waals surface area contributed by atoms with Gasteiger partial charge in [0.15, 0.2) is 0 Å². The second-order valence-corrected chi connectivity index (χ2v) is 2.19. The van der Waals surface area contributed by atoms with Gasteiger partial charge < -0.3 is 5.21 Å². The molecule has 0 aromatic heterocycles. The van der Waals surface area contributed by atoms with Gasteiger partial charge in [-0.1, -0.05) is 17.3 Å². The topological polar surface area (TPSA) is 32.6 Å². The Morgan fingerprint density at radius 3 is 2.36 bits per heavy atom. The Morgan fingerprint density at radius 1 is 1.36 bits per heavy atom. The van der Waals surface area contributed by atoms with Crippen LogP contribution in [0.5, 0.6) is 0 Å². The lowest BCUT2D eigenvalue weighted by Crippen LogP contribution is -1.93. The van der Waals surface area contributed by atoms with Crippen LogP contribution in [0.3, 0.4) is 0 Å². The van der Waals surface area contributed by atoms with E-state index < -0.39 is 0 Å². The van der Waals surface area contributed by atoms with Gasteiger partial charge in [0.05, 0.1) is 5.71 Å². The Hall–Kier alpha value is -1.38. The van der Waals surface area contributed by atoms with Gasteiger partial charge in [-0.2, -0.15) is 0 Å². The number of hydrogen-bond acceptors (Lipinski definition) is 2. The number of halogens is 1. The van der Waals surface area contributed by atoms with Crippen molar-refractivity contribution in [2.24, 2.45) is 5.16 Å². The average molecular weight is 153 g/mol. The molecule has 0 saturated heterocycles. The molecule has 1 aromatic carbocycles. The molecule has 0 unspecified atom stereocenters. The summed E-state index contributed by atoms with van der Waals surface area (Å²) < 4.78 is 12.4. The average Bonchev–Trinajstić information content (AvgIpc) is 2.05. The largest absolute Gasteiger partial charge is 0.411 e. The molecule has 0 saturated carbocycles. The Morgan fingerprint density at radius 2 is 1.91 bits per heavy atom. The molecule has 0 atom stereocenters. The van der Waals surface area contributed by atoms with Gasteiger partial charge in [-0.3, -0.25) is 0 Å². The molecule has 58 valence electrons. The van der Waals surface area contributed by atoms with Crippen LogP contribution in [0.1, 0.15) is 12.5 Å². The van der Waals surface area contributed by atoms with Crippen LogP contribution in [0.25, 0.3) is 0 Å². The zero-order chi connectivity index (χ0) is 8.27. The van der Waals surface area contributed by atoms with Crippen molar-refractivity contribution in [3.8, 4) is 0 Å². The van der Waals surface area contributed by atoms with Gasteiger partial charge in [-0.25, -0.2) is 4.39 Å². The van der Waals surface area contributed by atoms with Crippen LogP contribution in [0.15, 0.2) is 29.4 Å². The van der Waals surface area contributed by atoms with Gasteiger partial charge >= 0.3 is 0 Å². The molecular weight excluding hydrogens is 145 g/mol. The molecular formula is C8H8FNO. The molecule has 0 aliphatic carbocycles. The van der Waals surface area contributed by atoms with Crippen LogP contribution in [0, 0.1) is 5.82 Å². The normalized spacial score (nSPS) is 11.6. The van der Waals surface area contributed by atoms with Gasteiger partial charge in [-0.15, -0.1) is 0 Å². The second kappa shape index (κ2) is 3.14. The first kappa shape index (κ1) is 7.72. The van der Waals surface area contributed by atoms with E-state index in [1.54, 1.807) is 19.1 Å². The summed E-state index contributed by atoms with van der Waals surface area (Å²) >= 11 is 0. The van der Waals surface area contributed by atoms with Crippen molar-refractivity contribution in [2.75, 3.05) is 0 Å². The minimum Gasteiger partial charge on any atom is -0.411 e. The molecule has 3 heteroatoms. The predicted octanol–water partition coefficient (Wildman–Crippen LogP) is 2.02. The third kappa shape index (κ3) is 1.77. The lowest BCUT2D eigenvalue weighted by Gasteiger charge is -1.95. The Balaban J connectivity index is 2.99. The van der Waals surface area contributed by atoms with Crippen LogP contribution in [-0.4, -0.2) is 10.9 Å². The minimum atomic E-state index is -0.292. The van der Waals surface area contributed by atoms with E-state index in [1.807, 2.05) is 0 Å². The second-order valence-electron chi connectivity index (χ2n) is 2.19. The zero-order valence-electron chi connectivity index (χ0n) is 6.08.